The summed E-state index contributed by atoms with van der Waals surface area (Å²) in [6, 6.07) is 14.1. The molecule has 150 valence electrons. The molecule has 0 saturated heterocycles. The van der Waals surface area contributed by atoms with Crippen LogP contribution in [0.3, 0.4) is 0 Å². The monoisotopic (exact) mass is 401 g/mol. The molecule has 0 aliphatic carbocycles. The van der Waals surface area contributed by atoms with Gasteiger partial charge in [-0.05, 0) is 42.0 Å². The Morgan fingerprint density at radius 3 is 2.25 bits per heavy atom. The molecule has 1 N–H and O–H groups in total. The number of hydrogen-bond donors (Lipinski definition) is 1. The Hall–Kier alpha value is -2.64. The normalized spacial score (nSPS) is 11.8. The first-order chi connectivity index (χ1) is 13.3. The van der Waals surface area contributed by atoms with Gasteiger partial charge in [0.05, 0.1) is 4.90 Å². The first kappa shape index (κ1) is 21.7. The second-order valence-electron chi connectivity index (χ2n) is 6.43. The highest BCUT2D eigenvalue weighted by atomic mass is 32.2. The Morgan fingerprint density at radius 2 is 1.68 bits per heavy atom. The molecule has 1 amide bonds. The third-order valence-electron chi connectivity index (χ3n) is 4.28. The first-order valence-corrected chi connectivity index (χ1v) is 10.6. The molecule has 2 rings (SSSR count). The topological polar surface area (TPSA) is 69.7 Å². The van der Waals surface area contributed by atoms with Crippen LogP contribution in [-0.4, -0.2) is 45.8 Å². The van der Waals surface area contributed by atoms with Crippen LogP contribution in [0.2, 0.25) is 0 Å². The van der Waals surface area contributed by atoms with Crippen LogP contribution in [0.15, 0.2) is 59.5 Å². The molecule has 7 heteroatoms. The number of anilines is 2. The number of nitrogens with zero attached hydrogens (tertiary/aromatic N) is 2. The minimum Gasteiger partial charge on any atom is -0.378 e. The molecule has 0 heterocycles. The van der Waals surface area contributed by atoms with E-state index in [9.17, 15) is 13.2 Å². The van der Waals surface area contributed by atoms with Gasteiger partial charge in [0.25, 0.3) is 0 Å². The summed E-state index contributed by atoms with van der Waals surface area (Å²) in [5.74, 6) is -0.325. The SMILES string of the molecule is CCN(CC)S(=O)(=O)c1cccc(NC(=O)/C=C/c2ccc(N(C)C)cc2)c1. The highest BCUT2D eigenvalue weighted by Gasteiger charge is 2.21. The molecular formula is C21H27N3O3S. The Labute approximate surface area is 167 Å². The van der Waals surface area contributed by atoms with Crippen molar-refractivity contribution in [2.75, 3.05) is 37.4 Å². The minimum absolute atomic E-state index is 0.164. The van der Waals surface area contributed by atoms with E-state index >= 15 is 0 Å². The van der Waals surface area contributed by atoms with E-state index in [1.807, 2.05) is 43.3 Å². The molecular weight excluding hydrogens is 374 g/mol. The number of nitrogens with one attached hydrogen (secondary N) is 1. The third-order valence-corrected chi connectivity index (χ3v) is 6.33. The molecule has 2 aromatic rings. The van der Waals surface area contributed by atoms with Crippen LogP contribution in [0.1, 0.15) is 19.4 Å². The molecule has 6 nitrogen and oxygen atoms in total. The summed E-state index contributed by atoms with van der Waals surface area (Å²) in [5.41, 5.74) is 2.41. The number of amides is 1. The predicted molar refractivity (Wildman–Crippen MR) is 115 cm³/mol. The van der Waals surface area contributed by atoms with E-state index in [1.54, 1.807) is 32.1 Å². The van der Waals surface area contributed by atoms with E-state index in [1.165, 1.54) is 22.5 Å². The van der Waals surface area contributed by atoms with Crippen LogP contribution in [0.25, 0.3) is 6.08 Å². The van der Waals surface area contributed by atoms with E-state index in [-0.39, 0.29) is 10.8 Å². The lowest BCUT2D eigenvalue weighted by Crippen LogP contribution is -2.30. The van der Waals surface area contributed by atoms with Crippen molar-refractivity contribution in [3.05, 3.63) is 60.2 Å². The van der Waals surface area contributed by atoms with Gasteiger partial charge in [0.1, 0.15) is 0 Å². The van der Waals surface area contributed by atoms with Crippen LogP contribution >= 0.6 is 0 Å². The zero-order chi connectivity index (χ0) is 20.7. The van der Waals surface area contributed by atoms with Gasteiger partial charge >= 0.3 is 0 Å². The smallest absolute Gasteiger partial charge is 0.248 e. The molecule has 0 atom stereocenters. The van der Waals surface area contributed by atoms with Gasteiger partial charge in [-0.2, -0.15) is 4.31 Å². The van der Waals surface area contributed by atoms with Gasteiger partial charge in [-0.15, -0.1) is 0 Å². The summed E-state index contributed by atoms with van der Waals surface area (Å²) in [5, 5.41) is 2.71. The standard InChI is InChI=1S/C21H27N3O3S/c1-5-24(6-2)28(26,27)20-9-7-8-18(16-20)22-21(25)15-12-17-10-13-19(14-11-17)23(3)4/h7-16H,5-6H2,1-4H3,(H,22,25)/b15-12+. The lowest BCUT2D eigenvalue weighted by Gasteiger charge is -2.18. The van der Waals surface area contributed by atoms with E-state index in [4.69, 9.17) is 0 Å². The number of sulfonamides is 1. The number of hydrogen-bond acceptors (Lipinski definition) is 4. The van der Waals surface area contributed by atoms with Crippen LogP contribution in [0, 0.1) is 0 Å². The van der Waals surface area contributed by atoms with Crippen molar-refractivity contribution in [3.8, 4) is 0 Å². The zero-order valence-corrected chi connectivity index (χ0v) is 17.5. The lowest BCUT2D eigenvalue weighted by atomic mass is 10.2. The maximum Gasteiger partial charge on any atom is 0.248 e. The molecule has 28 heavy (non-hydrogen) atoms. The van der Waals surface area contributed by atoms with Crippen molar-refractivity contribution in [2.24, 2.45) is 0 Å². The summed E-state index contributed by atoms with van der Waals surface area (Å²) in [4.78, 5) is 14.4. The van der Waals surface area contributed by atoms with Gasteiger partial charge in [-0.3, -0.25) is 4.79 Å². The largest absolute Gasteiger partial charge is 0.378 e. The summed E-state index contributed by atoms with van der Waals surface area (Å²) < 4.78 is 26.6. The Bertz CT molecular complexity index is 932. The average Bonchev–Trinajstić information content (AvgIpc) is 2.67. The molecule has 0 unspecified atom stereocenters. The molecule has 0 fully saturated rings. The lowest BCUT2D eigenvalue weighted by molar-refractivity contribution is -0.111. The van der Waals surface area contributed by atoms with Crippen molar-refractivity contribution < 1.29 is 13.2 Å². The van der Waals surface area contributed by atoms with Gasteiger partial charge in [0.15, 0.2) is 0 Å². The maximum atomic E-state index is 12.6. The highest BCUT2D eigenvalue weighted by molar-refractivity contribution is 7.89. The number of benzene rings is 2. The van der Waals surface area contributed by atoms with E-state index in [0.717, 1.165) is 11.3 Å². The number of carbonyl (C=O) groups excluding carboxylic acids is 1. The number of rotatable bonds is 8. The first-order valence-electron chi connectivity index (χ1n) is 9.14. The zero-order valence-electron chi connectivity index (χ0n) is 16.7. The molecule has 0 aliphatic heterocycles. The Morgan fingerprint density at radius 1 is 1.04 bits per heavy atom. The van der Waals surface area contributed by atoms with E-state index < -0.39 is 10.0 Å². The van der Waals surface area contributed by atoms with Gasteiger partial charge in [-0.25, -0.2) is 8.42 Å². The van der Waals surface area contributed by atoms with E-state index in [0.29, 0.717) is 18.8 Å². The quantitative estimate of drug-likeness (QED) is 0.688. The molecule has 0 radical (unpaired) electrons. The highest BCUT2D eigenvalue weighted by Crippen LogP contribution is 2.20. The second kappa shape index (κ2) is 9.52. The summed E-state index contributed by atoms with van der Waals surface area (Å²) in [7, 11) is 0.364. The fourth-order valence-corrected chi connectivity index (χ4v) is 4.19. The molecule has 0 aliphatic rings. The van der Waals surface area contributed by atoms with Crippen molar-refractivity contribution in [2.45, 2.75) is 18.7 Å². The average molecular weight is 402 g/mol. The Balaban J connectivity index is 2.10. The van der Waals surface area contributed by atoms with Gasteiger partial charge in [-0.1, -0.05) is 32.0 Å². The molecule has 0 saturated carbocycles. The maximum absolute atomic E-state index is 12.6. The van der Waals surface area contributed by atoms with Crippen LogP contribution in [-0.2, 0) is 14.8 Å². The summed E-state index contributed by atoms with van der Waals surface area (Å²) in [6.45, 7) is 4.38. The molecule has 2 aromatic carbocycles. The van der Waals surface area contributed by atoms with Gasteiger partial charge in [0.2, 0.25) is 15.9 Å². The van der Waals surface area contributed by atoms with Gasteiger partial charge in [0, 0.05) is 44.6 Å². The van der Waals surface area contributed by atoms with Crippen molar-refractivity contribution >= 4 is 33.4 Å². The fourth-order valence-electron chi connectivity index (χ4n) is 2.69. The predicted octanol–water partition coefficient (Wildman–Crippen LogP) is 3.44. The second-order valence-corrected chi connectivity index (χ2v) is 8.36. The van der Waals surface area contributed by atoms with Crippen LogP contribution in [0.5, 0.6) is 0 Å². The third kappa shape index (κ3) is 5.43. The van der Waals surface area contributed by atoms with Crippen molar-refractivity contribution in [3.63, 3.8) is 0 Å². The fraction of sp³-hybridized carbons (Fsp3) is 0.286. The Kier molecular flexibility index (Phi) is 7.37. The summed E-state index contributed by atoms with van der Waals surface area (Å²) >= 11 is 0. The van der Waals surface area contributed by atoms with Gasteiger partial charge < -0.3 is 10.2 Å². The van der Waals surface area contributed by atoms with Crippen LogP contribution in [0.4, 0.5) is 11.4 Å². The van der Waals surface area contributed by atoms with Crippen molar-refractivity contribution in [1.82, 2.24) is 4.31 Å². The molecule has 0 bridgehead atoms. The molecule has 0 aromatic heterocycles. The summed E-state index contributed by atoms with van der Waals surface area (Å²) in [6.07, 6.45) is 3.14. The van der Waals surface area contributed by atoms with Crippen LogP contribution < -0.4 is 10.2 Å². The number of carbonyl (C=O) groups is 1. The van der Waals surface area contributed by atoms with E-state index in [2.05, 4.69) is 5.32 Å². The molecule has 0 spiro atoms. The van der Waals surface area contributed by atoms with Crippen molar-refractivity contribution in [1.29, 1.82) is 0 Å². The minimum atomic E-state index is -3.57.